The van der Waals surface area contributed by atoms with Crippen molar-refractivity contribution in [2.75, 3.05) is 18.4 Å². The van der Waals surface area contributed by atoms with Crippen LogP contribution in [0.15, 0.2) is 30.9 Å². The molecule has 1 amide bonds. The fourth-order valence-corrected chi connectivity index (χ4v) is 1.72. The van der Waals surface area contributed by atoms with Crippen molar-refractivity contribution in [3.63, 3.8) is 0 Å². The molecule has 0 fully saturated rings. The molecule has 1 heterocycles. The van der Waals surface area contributed by atoms with Crippen LogP contribution in [0.2, 0.25) is 0 Å². The summed E-state index contributed by atoms with van der Waals surface area (Å²) in [6, 6.07) is 5.85. The van der Waals surface area contributed by atoms with Gasteiger partial charge in [0.1, 0.15) is 5.75 Å². The number of rotatable bonds is 3. The maximum absolute atomic E-state index is 11.7. The third-order valence-corrected chi connectivity index (χ3v) is 2.60. The first kappa shape index (κ1) is 11.5. The lowest BCUT2D eigenvalue weighted by molar-refractivity contribution is -0.127. The van der Waals surface area contributed by atoms with Crippen molar-refractivity contribution in [1.82, 2.24) is 5.32 Å². The van der Waals surface area contributed by atoms with Crippen LogP contribution >= 0.6 is 0 Å². The minimum atomic E-state index is -0.481. The Morgan fingerprint density at radius 1 is 1.71 bits per heavy atom. The summed E-state index contributed by atoms with van der Waals surface area (Å²) in [6.45, 7) is 6.51. The highest BCUT2D eigenvalue weighted by atomic mass is 16.5. The fourth-order valence-electron chi connectivity index (χ4n) is 1.72. The molecule has 0 spiro atoms. The summed E-state index contributed by atoms with van der Waals surface area (Å²) < 4.78 is 5.64. The van der Waals surface area contributed by atoms with Crippen LogP contribution in [-0.4, -0.2) is 25.1 Å². The molecule has 1 unspecified atom stereocenters. The van der Waals surface area contributed by atoms with Gasteiger partial charge in [-0.1, -0.05) is 12.1 Å². The van der Waals surface area contributed by atoms with E-state index in [1.807, 2.05) is 25.1 Å². The highest BCUT2D eigenvalue weighted by Crippen LogP contribution is 2.29. The van der Waals surface area contributed by atoms with Crippen LogP contribution < -0.4 is 15.4 Å². The molecule has 0 saturated heterocycles. The van der Waals surface area contributed by atoms with Crippen LogP contribution in [0, 0.1) is 6.92 Å². The number of carbonyl (C=O) groups is 1. The van der Waals surface area contributed by atoms with E-state index in [2.05, 4.69) is 17.2 Å². The van der Waals surface area contributed by atoms with E-state index in [1.54, 1.807) is 6.08 Å². The number of aryl methyl sites for hydroxylation is 1. The van der Waals surface area contributed by atoms with E-state index in [0.717, 1.165) is 17.0 Å². The van der Waals surface area contributed by atoms with Gasteiger partial charge in [0.25, 0.3) is 5.91 Å². The van der Waals surface area contributed by atoms with E-state index in [9.17, 15) is 4.79 Å². The average molecular weight is 232 g/mol. The number of anilines is 1. The van der Waals surface area contributed by atoms with Crippen LogP contribution in [-0.2, 0) is 4.79 Å². The summed E-state index contributed by atoms with van der Waals surface area (Å²) in [6.07, 6.45) is 1.16. The molecule has 1 atom stereocenters. The zero-order valence-electron chi connectivity index (χ0n) is 9.82. The highest BCUT2D eigenvalue weighted by Gasteiger charge is 2.25. The number of hydrogen-bond donors (Lipinski definition) is 2. The van der Waals surface area contributed by atoms with E-state index < -0.39 is 6.10 Å². The quantitative estimate of drug-likeness (QED) is 0.776. The normalized spacial score (nSPS) is 17.4. The van der Waals surface area contributed by atoms with Crippen molar-refractivity contribution < 1.29 is 9.53 Å². The Morgan fingerprint density at radius 3 is 3.29 bits per heavy atom. The smallest absolute Gasteiger partial charge is 0.263 e. The second-order valence-electron chi connectivity index (χ2n) is 4.02. The largest absolute Gasteiger partial charge is 0.477 e. The summed E-state index contributed by atoms with van der Waals surface area (Å²) in [4.78, 5) is 11.7. The summed E-state index contributed by atoms with van der Waals surface area (Å²) in [7, 11) is 0. The number of ether oxygens (including phenoxy) is 1. The van der Waals surface area contributed by atoms with Gasteiger partial charge in [-0.25, -0.2) is 0 Å². The van der Waals surface area contributed by atoms with Crippen molar-refractivity contribution in [3.05, 3.63) is 36.4 Å². The Kier molecular flexibility index (Phi) is 3.32. The molecule has 2 rings (SSSR count). The molecule has 4 nitrogen and oxygen atoms in total. The van der Waals surface area contributed by atoms with Gasteiger partial charge in [0.15, 0.2) is 6.10 Å². The molecule has 2 N–H and O–H groups in total. The Labute approximate surface area is 101 Å². The minimum absolute atomic E-state index is 0.122. The average Bonchev–Trinajstić information content (AvgIpc) is 2.35. The molecule has 0 radical (unpaired) electrons. The molecular formula is C13H16N2O2. The van der Waals surface area contributed by atoms with E-state index in [-0.39, 0.29) is 5.91 Å². The molecule has 4 heteroatoms. The molecular weight excluding hydrogens is 216 g/mol. The van der Waals surface area contributed by atoms with E-state index in [4.69, 9.17) is 4.74 Å². The number of nitrogens with one attached hydrogen (secondary N) is 2. The number of benzene rings is 1. The monoisotopic (exact) mass is 232 g/mol. The maximum atomic E-state index is 11.7. The second-order valence-corrected chi connectivity index (χ2v) is 4.02. The molecule has 1 aliphatic rings. The lowest BCUT2D eigenvalue weighted by Gasteiger charge is -2.26. The summed E-state index contributed by atoms with van der Waals surface area (Å²) in [5.41, 5.74) is 2.10. The number of fused-ring (bicyclic) bond motifs is 1. The van der Waals surface area contributed by atoms with Gasteiger partial charge in [0.2, 0.25) is 0 Å². The minimum Gasteiger partial charge on any atom is -0.477 e. The van der Waals surface area contributed by atoms with Gasteiger partial charge in [0, 0.05) is 6.54 Å². The van der Waals surface area contributed by atoms with Gasteiger partial charge in [-0.3, -0.25) is 4.79 Å². The number of hydrogen-bond acceptors (Lipinski definition) is 3. The SMILES string of the molecule is C=CCNC(=O)C1CNc2cc(C)ccc2O1. The summed E-state index contributed by atoms with van der Waals surface area (Å²) in [5, 5.41) is 5.92. The van der Waals surface area contributed by atoms with Crippen molar-refractivity contribution in [2.45, 2.75) is 13.0 Å². The summed E-state index contributed by atoms with van der Waals surface area (Å²) in [5.74, 6) is 0.601. The van der Waals surface area contributed by atoms with Crippen LogP contribution in [0.4, 0.5) is 5.69 Å². The maximum Gasteiger partial charge on any atom is 0.263 e. The van der Waals surface area contributed by atoms with E-state index >= 15 is 0 Å². The molecule has 0 aromatic heterocycles. The van der Waals surface area contributed by atoms with Gasteiger partial charge in [-0.15, -0.1) is 6.58 Å². The third-order valence-electron chi connectivity index (χ3n) is 2.60. The third kappa shape index (κ3) is 2.58. The van der Waals surface area contributed by atoms with Gasteiger partial charge in [0.05, 0.1) is 12.2 Å². The van der Waals surface area contributed by atoms with Gasteiger partial charge in [-0.2, -0.15) is 0 Å². The Balaban J connectivity index is 2.05. The predicted octanol–water partition coefficient (Wildman–Crippen LogP) is 1.47. The highest BCUT2D eigenvalue weighted by molar-refractivity contribution is 5.83. The van der Waals surface area contributed by atoms with Gasteiger partial charge >= 0.3 is 0 Å². The molecule has 90 valence electrons. The molecule has 1 aromatic carbocycles. The number of amides is 1. The Bertz CT molecular complexity index is 443. The van der Waals surface area contributed by atoms with Crippen molar-refractivity contribution in [2.24, 2.45) is 0 Å². The Hall–Kier alpha value is -1.97. The standard InChI is InChI=1S/C13H16N2O2/c1-3-6-14-13(16)12-8-15-10-7-9(2)4-5-11(10)17-12/h3-5,7,12,15H,1,6,8H2,2H3,(H,14,16). The van der Waals surface area contributed by atoms with Crippen LogP contribution in [0.25, 0.3) is 0 Å². The van der Waals surface area contributed by atoms with Crippen LogP contribution in [0.3, 0.4) is 0 Å². The first-order valence-electron chi connectivity index (χ1n) is 5.60. The molecule has 1 aromatic rings. The Morgan fingerprint density at radius 2 is 2.53 bits per heavy atom. The van der Waals surface area contributed by atoms with Crippen LogP contribution in [0.1, 0.15) is 5.56 Å². The summed E-state index contributed by atoms with van der Waals surface area (Å²) >= 11 is 0. The topological polar surface area (TPSA) is 50.4 Å². The first-order valence-corrected chi connectivity index (χ1v) is 5.60. The molecule has 17 heavy (non-hydrogen) atoms. The van der Waals surface area contributed by atoms with E-state index in [0.29, 0.717) is 13.1 Å². The van der Waals surface area contributed by atoms with E-state index in [1.165, 1.54) is 0 Å². The molecule has 0 aliphatic carbocycles. The number of carbonyl (C=O) groups excluding carboxylic acids is 1. The van der Waals surface area contributed by atoms with Crippen LogP contribution in [0.5, 0.6) is 5.75 Å². The van der Waals surface area contributed by atoms with Crippen molar-refractivity contribution >= 4 is 11.6 Å². The lowest BCUT2D eigenvalue weighted by atomic mass is 10.1. The second kappa shape index (κ2) is 4.91. The molecule has 0 saturated carbocycles. The van der Waals surface area contributed by atoms with Gasteiger partial charge < -0.3 is 15.4 Å². The van der Waals surface area contributed by atoms with Gasteiger partial charge in [-0.05, 0) is 24.6 Å². The predicted molar refractivity (Wildman–Crippen MR) is 67.3 cm³/mol. The zero-order chi connectivity index (χ0) is 12.3. The molecule has 1 aliphatic heterocycles. The van der Waals surface area contributed by atoms with Crippen molar-refractivity contribution in [1.29, 1.82) is 0 Å². The fraction of sp³-hybridized carbons (Fsp3) is 0.308. The zero-order valence-corrected chi connectivity index (χ0v) is 9.82. The lowest BCUT2D eigenvalue weighted by Crippen LogP contribution is -2.44. The van der Waals surface area contributed by atoms with Crippen molar-refractivity contribution in [3.8, 4) is 5.75 Å². The molecule has 0 bridgehead atoms. The first-order chi connectivity index (χ1) is 8.20.